The van der Waals surface area contributed by atoms with Crippen LogP contribution in [0, 0.1) is 0 Å². The fourth-order valence-corrected chi connectivity index (χ4v) is 1.48. The standard InChI is InChI=1S/C12H15NO5/c1-7(14)13-9-4-2-8(3-5-9)12(18)10(15)6-11(16)17/h2-5,10,12,15,18H,6H2,1H3,(H,13,14)(H,16,17). The molecule has 0 radical (unpaired) electrons. The van der Waals surface area contributed by atoms with Gasteiger partial charge in [-0.2, -0.15) is 0 Å². The number of carboxylic acid groups (broad SMARTS) is 1. The Balaban J connectivity index is 2.72. The molecular weight excluding hydrogens is 238 g/mol. The normalized spacial score (nSPS) is 13.7. The molecule has 1 rings (SSSR count). The molecule has 0 spiro atoms. The van der Waals surface area contributed by atoms with Gasteiger partial charge in [0.2, 0.25) is 5.91 Å². The third-order valence-corrected chi connectivity index (χ3v) is 2.32. The van der Waals surface area contributed by atoms with Gasteiger partial charge in [-0.05, 0) is 17.7 Å². The minimum Gasteiger partial charge on any atom is -0.481 e. The number of aliphatic carboxylic acids is 1. The van der Waals surface area contributed by atoms with E-state index in [2.05, 4.69) is 5.32 Å². The summed E-state index contributed by atoms with van der Waals surface area (Å²) in [4.78, 5) is 21.2. The molecule has 1 aromatic carbocycles. The maximum absolute atomic E-state index is 10.8. The maximum Gasteiger partial charge on any atom is 0.306 e. The second-order valence-electron chi connectivity index (χ2n) is 3.91. The van der Waals surface area contributed by atoms with Crippen LogP contribution in [0.4, 0.5) is 5.69 Å². The van der Waals surface area contributed by atoms with Gasteiger partial charge in [-0.1, -0.05) is 12.1 Å². The topological polar surface area (TPSA) is 107 Å². The Kier molecular flexibility index (Phi) is 4.82. The van der Waals surface area contributed by atoms with Gasteiger partial charge in [0.05, 0.1) is 12.5 Å². The molecule has 4 N–H and O–H groups in total. The number of carbonyl (C=O) groups is 2. The summed E-state index contributed by atoms with van der Waals surface area (Å²) < 4.78 is 0. The predicted octanol–water partition coefficient (Wildman–Crippen LogP) is 0.514. The molecule has 0 aliphatic carbocycles. The lowest BCUT2D eigenvalue weighted by molar-refractivity contribution is -0.141. The van der Waals surface area contributed by atoms with E-state index in [0.29, 0.717) is 11.3 Å². The fourth-order valence-electron chi connectivity index (χ4n) is 1.48. The number of amides is 1. The Bertz CT molecular complexity index is 429. The lowest BCUT2D eigenvalue weighted by atomic mass is 10.0. The van der Waals surface area contributed by atoms with Gasteiger partial charge in [-0.3, -0.25) is 9.59 Å². The van der Waals surface area contributed by atoms with E-state index in [4.69, 9.17) is 5.11 Å². The zero-order valence-electron chi connectivity index (χ0n) is 9.83. The van der Waals surface area contributed by atoms with Gasteiger partial charge in [-0.15, -0.1) is 0 Å². The van der Waals surface area contributed by atoms with E-state index in [0.717, 1.165) is 0 Å². The summed E-state index contributed by atoms with van der Waals surface area (Å²) >= 11 is 0. The highest BCUT2D eigenvalue weighted by molar-refractivity contribution is 5.88. The predicted molar refractivity (Wildman–Crippen MR) is 64.0 cm³/mol. The minimum atomic E-state index is -1.37. The Labute approximate surface area is 104 Å². The van der Waals surface area contributed by atoms with E-state index in [1.54, 1.807) is 12.1 Å². The summed E-state index contributed by atoms with van der Waals surface area (Å²) in [5.74, 6) is -1.40. The third-order valence-electron chi connectivity index (χ3n) is 2.32. The van der Waals surface area contributed by atoms with Crippen molar-refractivity contribution in [1.29, 1.82) is 0 Å². The minimum absolute atomic E-state index is 0.214. The van der Waals surface area contributed by atoms with Crippen molar-refractivity contribution in [2.75, 3.05) is 5.32 Å². The van der Waals surface area contributed by atoms with Gasteiger partial charge in [0, 0.05) is 12.6 Å². The van der Waals surface area contributed by atoms with Crippen molar-refractivity contribution in [3.05, 3.63) is 29.8 Å². The van der Waals surface area contributed by atoms with Crippen LogP contribution in [-0.2, 0) is 9.59 Å². The first kappa shape index (κ1) is 14.1. The second-order valence-corrected chi connectivity index (χ2v) is 3.91. The first-order valence-electron chi connectivity index (χ1n) is 5.35. The summed E-state index contributed by atoms with van der Waals surface area (Å²) in [5.41, 5.74) is 0.948. The van der Waals surface area contributed by atoms with Crippen molar-refractivity contribution in [2.24, 2.45) is 0 Å². The molecule has 1 aromatic rings. The summed E-state index contributed by atoms with van der Waals surface area (Å²) in [6, 6.07) is 6.16. The van der Waals surface area contributed by atoms with E-state index in [9.17, 15) is 19.8 Å². The summed E-state index contributed by atoms with van der Waals surface area (Å²) in [5, 5.41) is 30.2. The Hall–Kier alpha value is -1.92. The number of hydrogen-bond donors (Lipinski definition) is 4. The number of anilines is 1. The quantitative estimate of drug-likeness (QED) is 0.611. The van der Waals surface area contributed by atoms with Crippen LogP contribution >= 0.6 is 0 Å². The monoisotopic (exact) mass is 253 g/mol. The number of nitrogens with one attached hydrogen (secondary N) is 1. The molecule has 0 aliphatic rings. The molecule has 2 atom stereocenters. The maximum atomic E-state index is 10.8. The van der Waals surface area contributed by atoms with Gasteiger partial charge < -0.3 is 20.6 Å². The largest absolute Gasteiger partial charge is 0.481 e. The molecule has 0 saturated carbocycles. The first-order valence-corrected chi connectivity index (χ1v) is 5.35. The Morgan fingerprint density at radius 1 is 1.22 bits per heavy atom. The molecule has 2 unspecified atom stereocenters. The van der Waals surface area contributed by atoms with Crippen LogP contribution in [0.3, 0.4) is 0 Å². The first-order chi connectivity index (χ1) is 8.40. The van der Waals surface area contributed by atoms with E-state index in [-0.39, 0.29) is 5.91 Å². The van der Waals surface area contributed by atoms with Crippen LogP contribution < -0.4 is 5.32 Å². The van der Waals surface area contributed by atoms with Gasteiger partial charge in [0.15, 0.2) is 0 Å². The number of benzene rings is 1. The average Bonchev–Trinajstić information content (AvgIpc) is 2.27. The Morgan fingerprint density at radius 2 is 1.78 bits per heavy atom. The molecule has 6 nitrogen and oxygen atoms in total. The third kappa shape index (κ3) is 4.15. The molecule has 1 amide bonds. The summed E-state index contributed by atoms with van der Waals surface area (Å²) in [6.07, 6.45) is -3.17. The molecular formula is C12H15NO5. The second kappa shape index (κ2) is 6.13. The molecule has 0 heterocycles. The summed E-state index contributed by atoms with van der Waals surface area (Å²) in [7, 11) is 0. The highest BCUT2D eigenvalue weighted by Crippen LogP contribution is 2.20. The van der Waals surface area contributed by atoms with Crippen molar-refractivity contribution in [2.45, 2.75) is 25.6 Å². The molecule has 0 aromatic heterocycles. The molecule has 6 heteroatoms. The van der Waals surface area contributed by atoms with Crippen molar-refractivity contribution >= 4 is 17.6 Å². The van der Waals surface area contributed by atoms with Crippen molar-refractivity contribution < 1.29 is 24.9 Å². The number of rotatable bonds is 5. The molecule has 0 aliphatic heterocycles. The van der Waals surface area contributed by atoms with Gasteiger partial charge in [-0.25, -0.2) is 0 Å². The fraction of sp³-hybridized carbons (Fsp3) is 0.333. The molecule has 0 saturated heterocycles. The van der Waals surface area contributed by atoms with Crippen LogP contribution in [-0.4, -0.2) is 33.3 Å². The highest BCUT2D eigenvalue weighted by Gasteiger charge is 2.20. The SMILES string of the molecule is CC(=O)Nc1ccc(C(O)C(O)CC(=O)O)cc1. The average molecular weight is 253 g/mol. The number of carbonyl (C=O) groups excluding carboxylic acids is 1. The lowest BCUT2D eigenvalue weighted by Crippen LogP contribution is -2.21. The van der Waals surface area contributed by atoms with E-state index < -0.39 is 24.6 Å². The molecule has 0 fully saturated rings. The van der Waals surface area contributed by atoms with Crippen LogP contribution in [0.1, 0.15) is 25.0 Å². The van der Waals surface area contributed by atoms with Gasteiger partial charge >= 0.3 is 5.97 Å². The lowest BCUT2D eigenvalue weighted by Gasteiger charge is -2.16. The van der Waals surface area contributed by atoms with Crippen LogP contribution in [0.5, 0.6) is 0 Å². The molecule has 0 bridgehead atoms. The van der Waals surface area contributed by atoms with E-state index in [1.807, 2.05) is 0 Å². The Morgan fingerprint density at radius 3 is 2.22 bits per heavy atom. The van der Waals surface area contributed by atoms with Gasteiger partial charge in [0.1, 0.15) is 6.10 Å². The van der Waals surface area contributed by atoms with Crippen molar-refractivity contribution in [1.82, 2.24) is 0 Å². The smallest absolute Gasteiger partial charge is 0.306 e. The van der Waals surface area contributed by atoms with Crippen molar-refractivity contribution in [3.63, 3.8) is 0 Å². The van der Waals surface area contributed by atoms with Crippen molar-refractivity contribution in [3.8, 4) is 0 Å². The zero-order chi connectivity index (χ0) is 13.7. The van der Waals surface area contributed by atoms with Gasteiger partial charge in [0.25, 0.3) is 0 Å². The number of carboxylic acids is 1. The van der Waals surface area contributed by atoms with E-state index >= 15 is 0 Å². The van der Waals surface area contributed by atoms with Crippen LogP contribution in [0.2, 0.25) is 0 Å². The highest BCUT2D eigenvalue weighted by atomic mass is 16.4. The number of aliphatic hydroxyl groups is 2. The zero-order valence-corrected chi connectivity index (χ0v) is 9.83. The van der Waals surface area contributed by atoms with Crippen LogP contribution in [0.25, 0.3) is 0 Å². The number of aliphatic hydroxyl groups excluding tert-OH is 2. The molecule has 98 valence electrons. The van der Waals surface area contributed by atoms with E-state index in [1.165, 1.54) is 19.1 Å². The molecule has 18 heavy (non-hydrogen) atoms. The van der Waals surface area contributed by atoms with Crippen LogP contribution in [0.15, 0.2) is 24.3 Å². The number of hydrogen-bond acceptors (Lipinski definition) is 4. The summed E-state index contributed by atoms with van der Waals surface area (Å²) in [6.45, 7) is 1.37.